The van der Waals surface area contributed by atoms with Crippen LogP contribution < -0.4 is 28.5 Å². The Kier molecular flexibility index (Phi) is 5.19. The Bertz CT molecular complexity index is 282. The van der Waals surface area contributed by atoms with Crippen molar-refractivity contribution in [2.45, 2.75) is 0 Å². The molecule has 1 aromatic heterocycles. The molecule has 0 saturated heterocycles. The summed E-state index contributed by atoms with van der Waals surface area (Å²) in [5.41, 5.74) is 0.833. The largest absolute Gasteiger partial charge is 1.00 e. The van der Waals surface area contributed by atoms with Gasteiger partial charge in [0.25, 0.3) is 0 Å². The van der Waals surface area contributed by atoms with Gasteiger partial charge in [-0.2, -0.15) is 4.99 Å². The highest BCUT2D eigenvalue weighted by Gasteiger charge is 1.92. The zero-order valence-corrected chi connectivity index (χ0v) is 8.96. The molecule has 0 N–H and O–H groups in total. The molecule has 0 atom stereocenters. The van der Waals surface area contributed by atoms with Crippen LogP contribution in [0.4, 0.5) is 5.69 Å². The van der Waals surface area contributed by atoms with Crippen LogP contribution in [0, 0.1) is 0 Å². The summed E-state index contributed by atoms with van der Waals surface area (Å²) in [5.74, 6) is 0. The number of hydrogen-bond acceptors (Lipinski definition) is 2. The number of hydrogen-bond donors (Lipinski definition) is 0. The molecule has 0 aliphatic rings. The van der Waals surface area contributed by atoms with Gasteiger partial charge in [0.15, 0.2) is 12.4 Å². The van der Waals surface area contributed by atoms with E-state index in [-0.39, 0.29) is 24.0 Å². The van der Waals surface area contributed by atoms with Crippen LogP contribution in [-0.4, -0.2) is 5.16 Å². The average molecular weight is 278 g/mol. The van der Waals surface area contributed by atoms with Gasteiger partial charge in [-0.3, -0.25) is 0 Å². The van der Waals surface area contributed by atoms with Crippen molar-refractivity contribution < 1.29 is 28.5 Å². The molecular formula is C7H7IN2S. The van der Waals surface area contributed by atoms with Crippen LogP contribution in [0.2, 0.25) is 0 Å². The molecule has 1 aromatic rings. The van der Waals surface area contributed by atoms with E-state index in [4.69, 9.17) is 0 Å². The summed E-state index contributed by atoms with van der Waals surface area (Å²) in [6.07, 6.45) is 3.81. The third-order valence-corrected chi connectivity index (χ3v) is 1.19. The molecule has 0 bridgehead atoms. The van der Waals surface area contributed by atoms with E-state index in [9.17, 15) is 0 Å². The van der Waals surface area contributed by atoms with Crippen LogP contribution >= 0.6 is 12.2 Å². The SMILES string of the molecule is C[n+]1cccc(N=C=S)c1.[I-]. The average Bonchev–Trinajstić information content (AvgIpc) is 1.88. The molecule has 0 aromatic carbocycles. The van der Waals surface area contributed by atoms with Crippen LogP contribution in [0.25, 0.3) is 0 Å². The van der Waals surface area contributed by atoms with E-state index in [1.807, 2.05) is 36.1 Å². The van der Waals surface area contributed by atoms with Gasteiger partial charge in [0.05, 0.1) is 5.16 Å². The molecule has 0 spiro atoms. The molecule has 4 heteroatoms. The minimum absolute atomic E-state index is 0. The lowest BCUT2D eigenvalue weighted by molar-refractivity contribution is -0.670. The van der Waals surface area contributed by atoms with Gasteiger partial charge < -0.3 is 24.0 Å². The van der Waals surface area contributed by atoms with Crippen LogP contribution in [-0.2, 0) is 7.05 Å². The molecule has 58 valence electrons. The Hall–Kier alpha value is -0.320. The Morgan fingerprint density at radius 3 is 2.91 bits per heavy atom. The summed E-state index contributed by atoms with van der Waals surface area (Å²) in [6.45, 7) is 0. The van der Waals surface area contributed by atoms with Crippen molar-refractivity contribution in [2.75, 3.05) is 0 Å². The highest BCUT2D eigenvalue weighted by molar-refractivity contribution is 7.78. The van der Waals surface area contributed by atoms with Crippen LogP contribution in [0.15, 0.2) is 29.5 Å². The zero-order valence-electron chi connectivity index (χ0n) is 5.99. The molecule has 0 unspecified atom stereocenters. The summed E-state index contributed by atoms with van der Waals surface area (Å²) < 4.78 is 1.91. The van der Waals surface area contributed by atoms with E-state index in [0.717, 1.165) is 5.69 Å². The molecule has 0 radical (unpaired) electrons. The Morgan fingerprint density at radius 2 is 2.36 bits per heavy atom. The molecule has 1 heterocycles. The van der Waals surface area contributed by atoms with Crippen LogP contribution in [0.1, 0.15) is 0 Å². The number of nitrogens with zero attached hydrogens (tertiary/aromatic N) is 2. The number of aliphatic imine (C=N–C) groups is 1. The van der Waals surface area contributed by atoms with Gasteiger partial charge in [0.1, 0.15) is 12.7 Å². The van der Waals surface area contributed by atoms with Crippen molar-refractivity contribution in [2.24, 2.45) is 12.0 Å². The fourth-order valence-electron chi connectivity index (χ4n) is 0.691. The summed E-state index contributed by atoms with van der Waals surface area (Å²) >= 11 is 4.45. The van der Waals surface area contributed by atoms with Crippen molar-refractivity contribution >= 4 is 23.1 Å². The maximum Gasteiger partial charge on any atom is 0.195 e. The number of pyridine rings is 1. The van der Waals surface area contributed by atoms with Gasteiger partial charge in [-0.1, -0.05) is 0 Å². The fourth-order valence-corrected chi connectivity index (χ4v) is 0.796. The second-order valence-corrected chi connectivity index (χ2v) is 2.11. The fraction of sp³-hybridized carbons (Fsp3) is 0.143. The first-order chi connectivity index (χ1) is 4.83. The van der Waals surface area contributed by atoms with E-state index in [2.05, 4.69) is 22.4 Å². The Morgan fingerprint density at radius 1 is 1.64 bits per heavy atom. The molecule has 2 nitrogen and oxygen atoms in total. The van der Waals surface area contributed by atoms with Crippen LogP contribution in [0.5, 0.6) is 0 Å². The zero-order chi connectivity index (χ0) is 7.40. The number of halogens is 1. The van der Waals surface area contributed by atoms with Crippen molar-refractivity contribution in [3.63, 3.8) is 0 Å². The molecule has 0 saturated carbocycles. The van der Waals surface area contributed by atoms with E-state index < -0.39 is 0 Å². The summed E-state index contributed by atoms with van der Waals surface area (Å²) in [6, 6.07) is 3.78. The minimum Gasteiger partial charge on any atom is -1.00 e. The standard InChI is InChI=1S/C7H7N2S.HI/c1-9-4-2-3-7(5-9)8-6-10;/h2-5H,1H3;1H/q+1;/p-1. The molecule has 1 rings (SSSR count). The first-order valence-electron chi connectivity index (χ1n) is 2.86. The monoisotopic (exact) mass is 278 g/mol. The molecule has 0 fully saturated rings. The molecular weight excluding hydrogens is 271 g/mol. The summed E-state index contributed by atoms with van der Waals surface area (Å²) in [4.78, 5) is 3.81. The quantitative estimate of drug-likeness (QED) is 0.257. The number of isothiocyanates is 1. The molecule has 11 heavy (non-hydrogen) atoms. The Balaban J connectivity index is 0.000001000. The predicted octanol–water partition coefficient (Wildman–Crippen LogP) is -1.75. The smallest absolute Gasteiger partial charge is 0.195 e. The van der Waals surface area contributed by atoms with E-state index in [1.165, 1.54) is 0 Å². The third kappa shape index (κ3) is 3.55. The second kappa shape index (κ2) is 5.35. The molecule has 0 aliphatic heterocycles. The summed E-state index contributed by atoms with van der Waals surface area (Å²) in [7, 11) is 1.93. The highest BCUT2D eigenvalue weighted by atomic mass is 127. The first-order valence-corrected chi connectivity index (χ1v) is 3.27. The predicted molar refractivity (Wildman–Crippen MR) is 42.3 cm³/mol. The molecule has 0 aliphatic carbocycles. The topological polar surface area (TPSA) is 16.2 Å². The lowest BCUT2D eigenvalue weighted by atomic mass is 10.4. The van der Waals surface area contributed by atoms with Crippen molar-refractivity contribution in [3.8, 4) is 0 Å². The maximum absolute atomic E-state index is 4.45. The highest BCUT2D eigenvalue weighted by Crippen LogP contribution is 2.03. The Labute approximate surface area is 88.0 Å². The van der Waals surface area contributed by atoms with Crippen LogP contribution in [0.3, 0.4) is 0 Å². The summed E-state index contributed by atoms with van der Waals surface area (Å²) in [5, 5.41) is 2.31. The van der Waals surface area contributed by atoms with Crippen molar-refractivity contribution in [3.05, 3.63) is 24.5 Å². The van der Waals surface area contributed by atoms with E-state index in [1.54, 1.807) is 0 Å². The number of aromatic nitrogens is 1. The van der Waals surface area contributed by atoms with E-state index in [0.29, 0.717) is 0 Å². The number of rotatable bonds is 1. The van der Waals surface area contributed by atoms with E-state index >= 15 is 0 Å². The molecule has 0 amide bonds. The second-order valence-electron chi connectivity index (χ2n) is 1.93. The van der Waals surface area contributed by atoms with Gasteiger partial charge in [-0.25, -0.2) is 4.57 Å². The number of thiocarbonyl (C=S) groups is 1. The van der Waals surface area contributed by atoms with Gasteiger partial charge in [0.2, 0.25) is 0 Å². The van der Waals surface area contributed by atoms with Gasteiger partial charge in [0, 0.05) is 6.07 Å². The lowest BCUT2D eigenvalue weighted by Gasteiger charge is -1.85. The minimum atomic E-state index is 0. The first kappa shape index (κ1) is 10.7. The van der Waals surface area contributed by atoms with Crippen molar-refractivity contribution in [1.82, 2.24) is 0 Å². The van der Waals surface area contributed by atoms with Crippen molar-refractivity contribution in [1.29, 1.82) is 0 Å². The number of aryl methyl sites for hydroxylation is 1. The van der Waals surface area contributed by atoms with Gasteiger partial charge in [-0.05, 0) is 18.3 Å². The third-order valence-electron chi connectivity index (χ3n) is 1.10. The normalized spacial score (nSPS) is 7.73. The lowest BCUT2D eigenvalue weighted by Crippen LogP contribution is -3.00. The maximum atomic E-state index is 4.45. The van der Waals surface area contributed by atoms with Gasteiger partial charge in [-0.15, -0.1) is 0 Å². The van der Waals surface area contributed by atoms with Gasteiger partial charge >= 0.3 is 0 Å².